The fourth-order valence-electron chi connectivity index (χ4n) is 3.65. The van der Waals surface area contributed by atoms with Crippen LogP contribution in [0.2, 0.25) is 0 Å². The van der Waals surface area contributed by atoms with Crippen molar-refractivity contribution in [3.05, 3.63) is 0 Å². The summed E-state index contributed by atoms with van der Waals surface area (Å²) < 4.78 is 0. The van der Waals surface area contributed by atoms with E-state index in [1.807, 2.05) is 0 Å². The van der Waals surface area contributed by atoms with Crippen molar-refractivity contribution in [3.8, 4) is 0 Å². The minimum atomic E-state index is -0.561. The topological polar surface area (TPSA) is 49.3 Å². The van der Waals surface area contributed by atoms with Gasteiger partial charge < -0.3 is 10.4 Å². The van der Waals surface area contributed by atoms with Crippen molar-refractivity contribution in [1.29, 1.82) is 0 Å². The van der Waals surface area contributed by atoms with Gasteiger partial charge in [0.2, 0.25) is 0 Å². The second-order valence-corrected chi connectivity index (χ2v) is 6.00. The maximum Gasteiger partial charge on any atom is 0.309 e. The summed E-state index contributed by atoms with van der Waals surface area (Å²) in [6.07, 6.45) is 3.78. The van der Waals surface area contributed by atoms with Crippen LogP contribution in [-0.2, 0) is 4.79 Å². The first-order valence-electron chi connectivity index (χ1n) is 5.90. The van der Waals surface area contributed by atoms with Gasteiger partial charge in [0.25, 0.3) is 0 Å². The van der Waals surface area contributed by atoms with Crippen LogP contribution in [0.4, 0.5) is 0 Å². The number of hydrogen-bond donors (Lipinski definition) is 2. The molecule has 2 fully saturated rings. The molecule has 1 heterocycles. The first kappa shape index (κ1) is 10.9. The van der Waals surface area contributed by atoms with Gasteiger partial charge in [-0.15, -0.1) is 0 Å². The number of carboxylic acid groups (broad SMARTS) is 1. The molecule has 0 spiro atoms. The normalized spacial score (nSPS) is 29.5. The van der Waals surface area contributed by atoms with Crippen LogP contribution in [0.25, 0.3) is 0 Å². The van der Waals surface area contributed by atoms with Crippen LogP contribution in [0.1, 0.15) is 39.5 Å². The van der Waals surface area contributed by atoms with Crippen molar-refractivity contribution in [2.24, 2.45) is 16.7 Å². The third-order valence-corrected chi connectivity index (χ3v) is 4.13. The summed E-state index contributed by atoms with van der Waals surface area (Å²) in [4.78, 5) is 11.5. The van der Waals surface area contributed by atoms with E-state index in [1.54, 1.807) is 0 Å². The van der Waals surface area contributed by atoms with Crippen LogP contribution in [0.5, 0.6) is 0 Å². The Bertz CT molecular complexity index is 259. The molecule has 0 aromatic rings. The van der Waals surface area contributed by atoms with Crippen molar-refractivity contribution in [2.75, 3.05) is 13.1 Å². The number of hydrogen-bond acceptors (Lipinski definition) is 2. The van der Waals surface area contributed by atoms with Crippen LogP contribution >= 0.6 is 0 Å². The standard InChI is InChI=1S/C12H21NO2/c1-11(2)7-12(8-11,10(14)15)9-3-5-13-6-4-9/h9,13H,3-8H2,1-2H3,(H,14,15). The van der Waals surface area contributed by atoms with Gasteiger partial charge in [-0.1, -0.05) is 13.8 Å². The fourth-order valence-corrected chi connectivity index (χ4v) is 3.65. The van der Waals surface area contributed by atoms with E-state index in [9.17, 15) is 9.90 Å². The highest BCUT2D eigenvalue weighted by Crippen LogP contribution is 2.59. The largest absolute Gasteiger partial charge is 0.481 e. The zero-order valence-corrected chi connectivity index (χ0v) is 9.68. The number of carbonyl (C=O) groups is 1. The first-order valence-corrected chi connectivity index (χ1v) is 5.90. The van der Waals surface area contributed by atoms with Crippen LogP contribution in [0.15, 0.2) is 0 Å². The van der Waals surface area contributed by atoms with E-state index in [4.69, 9.17) is 0 Å². The van der Waals surface area contributed by atoms with Gasteiger partial charge in [-0.2, -0.15) is 0 Å². The summed E-state index contributed by atoms with van der Waals surface area (Å²) in [6.45, 7) is 6.32. The predicted octanol–water partition coefficient (Wildman–Crippen LogP) is 1.88. The molecular weight excluding hydrogens is 190 g/mol. The van der Waals surface area contributed by atoms with Gasteiger partial charge in [-0.3, -0.25) is 4.79 Å². The van der Waals surface area contributed by atoms with Gasteiger partial charge >= 0.3 is 5.97 Å². The van der Waals surface area contributed by atoms with Crippen molar-refractivity contribution in [1.82, 2.24) is 5.32 Å². The lowest BCUT2D eigenvalue weighted by molar-refractivity contribution is -0.173. The predicted molar refractivity (Wildman–Crippen MR) is 58.7 cm³/mol. The molecule has 1 aliphatic carbocycles. The monoisotopic (exact) mass is 211 g/mol. The van der Waals surface area contributed by atoms with Crippen LogP contribution < -0.4 is 5.32 Å². The molecule has 3 heteroatoms. The zero-order chi connectivity index (χ0) is 11.1. The molecule has 0 amide bonds. The smallest absolute Gasteiger partial charge is 0.309 e. The minimum absolute atomic E-state index is 0.239. The summed E-state index contributed by atoms with van der Waals surface area (Å²) in [7, 11) is 0. The fraction of sp³-hybridized carbons (Fsp3) is 0.917. The molecule has 1 saturated carbocycles. The first-order chi connectivity index (χ1) is 6.96. The molecule has 0 aromatic heterocycles. The lowest BCUT2D eigenvalue weighted by Crippen LogP contribution is -2.55. The van der Waals surface area contributed by atoms with E-state index in [0.717, 1.165) is 38.8 Å². The molecule has 0 unspecified atom stereocenters. The Morgan fingerprint density at radius 2 is 1.80 bits per heavy atom. The van der Waals surface area contributed by atoms with Gasteiger partial charge in [0.15, 0.2) is 0 Å². The molecule has 2 rings (SSSR count). The average Bonchev–Trinajstić information content (AvgIpc) is 2.14. The Morgan fingerprint density at radius 3 is 2.20 bits per heavy atom. The van der Waals surface area contributed by atoms with Gasteiger partial charge in [0, 0.05) is 0 Å². The van der Waals surface area contributed by atoms with E-state index >= 15 is 0 Å². The number of carboxylic acids is 1. The Labute approximate surface area is 91.2 Å². The van der Waals surface area contributed by atoms with E-state index in [2.05, 4.69) is 19.2 Å². The zero-order valence-electron chi connectivity index (χ0n) is 9.68. The van der Waals surface area contributed by atoms with Crippen molar-refractivity contribution in [2.45, 2.75) is 39.5 Å². The molecule has 1 aliphatic heterocycles. The SMILES string of the molecule is CC1(C)CC(C(=O)O)(C2CCNCC2)C1. The Kier molecular flexibility index (Phi) is 2.53. The number of nitrogens with one attached hydrogen (secondary N) is 1. The molecule has 1 saturated heterocycles. The van der Waals surface area contributed by atoms with Crippen molar-refractivity contribution < 1.29 is 9.90 Å². The second-order valence-electron chi connectivity index (χ2n) is 6.00. The van der Waals surface area contributed by atoms with Crippen molar-refractivity contribution >= 4 is 5.97 Å². The highest BCUT2D eigenvalue weighted by Gasteiger charge is 2.58. The highest BCUT2D eigenvalue weighted by atomic mass is 16.4. The molecule has 0 radical (unpaired) electrons. The third kappa shape index (κ3) is 1.78. The summed E-state index contributed by atoms with van der Waals surface area (Å²) in [5, 5.41) is 12.7. The summed E-state index contributed by atoms with van der Waals surface area (Å²) in [6, 6.07) is 0. The van der Waals surface area contributed by atoms with Crippen LogP contribution in [0.3, 0.4) is 0 Å². The minimum Gasteiger partial charge on any atom is -0.481 e. The molecule has 2 N–H and O–H groups in total. The quantitative estimate of drug-likeness (QED) is 0.733. The lowest BCUT2D eigenvalue weighted by atomic mass is 9.48. The van der Waals surface area contributed by atoms with Gasteiger partial charge in [0.1, 0.15) is 0 Å². The lowest BCUT2D eigenvalue weighted by Gasteiger charge is -2.55. The van der Waals surface area contributed by atoms with Crippen LogP contribution in [-0.4, -0.2) is 24.2 Å². The number of rotatable bonds is 2. The van der Waals surface area contributed by atoms with Gasteiger partial charge in [-0.25, -0.2) is 0 Å². The summed E-state index contributed by atoms with van der Waals surface area (Å²) >= 11 is 0. The van der Waals surface area contributed by atoms with Gasteiger partial charge in [0.05, 0.1) is 5.41 Å². The molecule has 0 atom stereocenters. The highest BCUT2D eigenvalue weighted by molar-refractivity contribution is 5.76. The number of piperidine rings is 1. The van der Waals surface area contributed by atoms with Gasteiger partial charge in [-0.05, 0) is 50.1 Å². The molecule has 86 valence electrons. The van der Waals surface area contributed by atoms with Crippen LogP contribution in [0, 0.1) is 16.7 Å². The molecule has 15 heavy (non-hydrogen) atoms. The Balaban J connectivity index is 2.10. The summed E-state index contributed by atoms with van der Waals surface area (Å²) in [5.41, 5.74) is -0.158. The molecular formula is C12H21NO2. The van der Waals surface area contributed by atoms with E-state index in [0.29, 0.717) is 5.92 Å². The maximum atomic E-state index is 11.5. The number of aliphatic carboxylic acids is 1. The van der Waals surface area contributed by atoms with E-state index in [1.165, 1.54) is 0 Å². The Hall–Kier alpha value is -0.570. The summed E-state index contributed by atoms with van der Waals surface area (Å²) in [5.74, 6) is -0.169. The molecule has 0 aromatic carbocycles. The van der Waals surface area contributed by atoms with E-state index in [-0.39, 0.29) is 5.41 Å². The molecule has 3 nitrogen and oxygen atoms in total. The molecule has 2 aliphatic rings. The molecule has 0 bridgehead atoms. The average molecular weight is 211 g/mol. The Morgan fingerprint density at radius 1 is 1.27 bits per heavy atom. The van der Waals surface area contributed by atoms with Crippen molar-refractivity contribution in [3.63, 3.8) is 0 Å². The maximum absolute atomic E-state index is 11.5. The second kappa shape index (κ2) is 3.48. The third-order valence-electron chi connectivity index (χ3n) is 4.13. The van der Waals surface area contributed by atoms with E-state index < -0.39 is 11.4 Å².